The number of aliphatic carboxylic acids is 1. The maximum Gasteiger partial charge on any atom is 0.329 e. The topological polar surface area (TPSA) is 81.7 Å². The molecule has 1 heterocycles. The zero-order valence-corrected chi connectivity index (χ0v) is 11.0. The van der Waals surface area contributed by atoms with Gasteiger partial charge in [-0.2, -0.15) is 0 Å². The monoisotopic (exact) mass is 267 g/mol. The molecule has 3 aliphatic rings. The van der Waals surface area contributed by atoms with Gasteiger partial charge in [0.05, 0.1) is 0 Å². The van der Waals surface area contributed by atoms with Gasteiger partial charge in [-0.3, -0.25) is 4.90 Å². The van der Waals surface area contributed by atoms with Crippen molar-refractivity contribution in [3.8, 4) is 0 Å². The van der Waals surface area contributed by atoms with E-state index in [1.807, 2.05) is 0 Å². The van der Waals surface area contributed by atoms with Gasteiger partial charge in [-0.1, -0.05) is 0 Å². The second kappa shape index (κ2) is 4.67. The molecule has 1 aliphatic heterocycles. The van der Waals surface area contributed by atoms with Crippen LogP contribution in [0.3, 0.4) is 0 Å². The van der Waals surface area contributed by atoms with Gasteiger partial charge in [0.25, 0.3) is 0 Å². The van der Waals surface area contributed by atoms with E-state index in [-0.39, 0.29) is 12.1 Å². The van der Waals surface area contributed by atoms with Crippen LogP contribution in [-0.2, 0) is 4.79 Å². The fourth-order valence-electron chi connectivity index (χ4n) is 3.04. The summed E-state index contributed by atoms with van der Waals surface area (Å²) in [5, 5.41) is 14.7. The largest absolute Gasteiger partial charge is 0.480 e. The van der Waals surface area contributed by atoms with Gasteiger partial charge in [0, 0.05) is 25.2 Å². The highest BCUT2D eigenvalue weighted by atomic mass is 16.4. The van der Waals surface area contributed by atoms with Gasteiger partial charge < -0.3 is 15.7 Å². The number of carboxylic acids is 1. The number of likely N-dealkylation sites (tertiary alicyclic amines) is 1. The molecule has 19 heavy (non-hydrogen) atoms. The molecule has 3 rings (SSSR count). The molecule has 6 heteroatoms. The maximum atomic E-state index is 11.9. The first-order chi connectivity index (χ1) is 9.09. The summed E-state index contributed by atoms with van der Waals surface area (Å²) in [6.07, 6.45) is 5.46. The average molecular weight is 267 g/mol. The SMILES string of the molecule is O=C(NC1CCN(C2CC2)C1)NC1(C(=O)O)CCC1. The fraction of sp³-hybridized carbons (Fsp3) is 0.846. The van der Waals surface area contributed by atoms with Gasteiger partial charge in [0.1, 0.15) is 5.54 Å². The molecule has 0 spiro atoms. The van der Waals surface area contributed by atoms with Crippen molar-refractivity contribution < 1.29 is 14.7 Å². The fourth-order valence-corrected chi connectivity index (χ4v) is 3.04. The number of urea groups is 1. The van der Waals surface area contributed by atoms with Crippen LogP contribution in [0.1, 0.15) is 38.5 Å². The zero-order chi connectivity index (χ0) is 13.5. The minimum atomic E-state index is -1.02. The molecule has 106 valence electrons. The van der Waals surface area contributed by atoms with E-state index in [4.69, 9.17) is 5.11 Å². The first kappa shape index (κ1) is 12.7. The molecular weight excluding hydrogens is 246 g/mol. The Morgan fingerprint density at radius 3 is 2.47 bits per heavy atom. The molecule has 1 saturated heterocycles. The van der Waals surface area contributed by atoms with E-state index in [9.17, 15) is 9.59 Å². The van der Waals surface area contributed by atoms with Gasteiger partial charge in [-0.05, 0) is 38.5 Å². The van der Waals surface area contributed by atoms with E-state index in [0.29, 0.717) is 12.8 Å². The molecule has 0 bridgehead atoms. The van der Waals surface area contributed by atoms with Crippen LogP contribution in [0, 0.1) is 0 Å². The van der Waals surface area contributed by atoms with Crippen LogP contribution >= 0.6 is 0 Å². The summed E-state index contributed by atoms with van der Waals surface area (Å²) >= 11 is 0. The Balaban J connectivity index is 1.47. The Bertz CT molecular complexity index is 391. The van der Waals surface area contributed by atoms with Crippen LogP contribution < -0.4 is 10.6 Å². The van der Waals surface area contributed by atoms with Crippen molar-refractivity contribution in [1.82, 2.24) is 15.5 Å². The first-order valence-corrected chi connectivity index (χ1v) is 7.15. The molecule has 0 aromatic heterocycles. The lowest BCUT2D eigenvalue weighted by Gasteiger charge is -2.38. The Kier molecular flexibility index (Phi) is 3.12. The number of amides is 2. The van der Waals surface area contributed by atoms with Crippen molar-refractivity contribution in [2.45, 2.75) is 56.1 Å². The molecule has 0 radical (unpaired) electrons. The Labute approximate surface area is 112 Å². The van der Waals surface area contributed by atoms with E-state index >= 15 is 0 Å². The van der Waals surface area contributed by atoms with Gasteiger partial charge in [0.2, 0.25) is 0 Å². The van der Waals surface area contributed by atoms with Crippen molar-refractivity contribution in [2.75, 3.05) is 13.1 Å². The molecule has 2 saturated carbocycles. The smallest absolute Gasteiger partial charge is 0.329 e. The number of nitrogens with zero attached hydrogens (tertiary/aromatic N) is 1. The van der Waals surface area contributed by atoms with Crippen LogP contribution in [0.15, 0.2) is 0 Å². The molecule has 6 nitrogen and oxygen atoms in total. The lowest BCUT2D eigenvalue weighted by atomic mass is 9.77. The third-order valence-corrected chi connectivity index (χ3v) is 4.59. The molecule has 3 N–H and O–H groups in total. The predicted octanol–water partition coefficient (Wildman–Crippen LogP) is 0.530. The van der Waals surface area contributed by atoms with E-state index in [1.54, 1.807) is 0 Å². The Morgan fingerprint density at radius 1 is 1.21 bits per heavy atom. The van der Waals surface area contributed by atoms with Gasteiger partial charge in [-0.25, -0.2) is 9.59 Å². The summed E-state index contributed by atoms with van der Waals surface area (Å²) < 4.78 is 0. The van der Waals surface area contributed by atoms with Crippen LogP contribution in [0.2, 0.25) is 0 Å². The van der Waals surface area contributed by atoms with E-state index in [2.05, 4.69) is 15.5 Å². The zero-order valence-electron chi connectivity index (χ0n) is 11.0. The highest BCUT2D eigenvalue weighted by Crippen LogP contribution is 2.32. The highest BCUT2D eigenvalue weighted by molar-refractivity contribution is 5.87. The number of carbonyl (C=O) groups is 2. The molecule has 0 aromatic rings. The molecule has 1 atom stereocenters. The summed E-state index contributed by atoms with van der Waals surface area (Å²) in [5.41, 5.74) is -1.02. The summed E-state index contributed by atoms with van der Waals surface area (Å²) in [6, 6.07) is 0.558. The Hall–Kier alpha value is -1.30. The number of rotatable bonds is 4. The van der Waals surface area contributed by atoms with Crippen molar-refractivity contribution >= 4 is 12.0 Å². The van der Waals surface area contributed by atoms with Crippen molar-refractivity contribution in [2.24, 2.45) is 0 Å². The third kappa shape index (κ3) is 2.54. The van der Waals surface area contributed by atoms with E-state index in [1.165, 1.54) is 12.8 Å². The minimum Gasteiger partial charge on any atom is -0.480 e. The van der Waals surface area contributed by atoms with Crippen LogP contribution in [0.4, 0.5) is 4.79 Å². The van der Waals surface area contributed by atoms with Crippen molar-refractivity contribution in [1.29, 1.82) is 0 Å². The number of hydrogen-bond donors (Lipinski definition) is 3. The van der Waals surface area contributed by atoms with E-state index < -0.39 is 11.5 Å². The Morgan fingerprint density at radius 2 is 1.95 bits per heavy atom. The molecule has 2 aliphatic carbocycles. The second-order valence-corrected chi connectivity index (χ2v) is 6.05. The van der Waals surface area contributed by atoms with Gasteiger partial charge >= 0.3 is 12.0 Å². The summed E-state index contributed by atoms with van der Waals surface area (Å²) in [4.78, 5) is 25.5. The highest BCUT2D eigenvalue weighted by Gasteiger charge is 2.46. The van der Waals surface area contributed by atoms with Gasteiger partial charge in [-0.15, -0.1) is 0 Å². The number of nitrogens with one attached hydrogen (secondary N) is 2. The second-order valence-electron chi connectivity index (χ2n) is 6.05. The number of hydrogen-bond acceptors (Lipinski definition) is 3. The van der Waals surface area contributed by atoms with Crippen molar-refractivity contribution in [3.05, 3.63) is 0 Å². The van der Waals surface area contributed by atoms with Crippen LogP contribution in [0.25, 0.3) is 0 Å². The molecule has 1 unspecified atom stereocenters. The standard InChI is InChI=1S/C13H21N3O3/c17-11(18)13(5-1-6-13)15-12(19)14-9-4-7-16(8-9)10-2-3-10/h9-10H,1-8H2,(H,17,18)(H2,14,15,19). The number of carbonyl (C=O) groups excluding carboxylic acids is 1. The molecule has 3 fully saturated rings. The maximum absolute atomic E-state index is 11.9. The van der Waals surface area contributed by atoms with E-state index in [0.717, 1.165) is 32.0 Å². The molecule has 0 aromatic carbocycles. The average Bonchev–Trinajstić information content (AvgIpc) is 3.05. The predicted molar refractivity (Wildman–Crippen MR) is 68.9 cm³/mol. The molecule has 2 amide bonds. The molecular formula is C13H21N3O3. The van der Waals surface area contributed by atoms with Crippen LogP contribution in [-0.4, -0.2) is 52.7 Å². The number of carboxylic acid groups (broad SMARTS) is 1. The first-order valence-electron chi connectivity index (χ1n) is 7.15. The van der Waals surface area contributed by atoms with Crippen molar-refractivity contribution in [3.63, 3.8) is 0 Å². The van der Waals surface area contributed by atoms with Gasteiger partial charge in [0.15, 0.2) is 0 Å². The minimum absolute atomic E-state index is 0.159. The quantitative estimate of drug-likeness (QED) is 0.694. The third-order valence-electron chi connectivity index (χ3n) is 4.59. The van der Waals surface area contributed by atoms with Crippen LogP contribution in [0.5, 0.6) is 0 Å². The normalized spacial score (nSPS) is 29.6. The summed E-state index contributed by atoms with van der Waals surface area (Å²) in [6.45, 7) is 1.94. The lowest BCUT2D eigenvalue weighted by Crippen LogP contribution is -2.62. The lowest BCUT2D eigenvalue weighted by molar-refractivity contribution is -0.148. The summed E-state index contributed by atoms with van der Waals surface area (Å²) in [5.74, 6) is -0.917. The summed E-state index contributed by atoms with van der Waals surface area (Å²) in [7, 11) is 0.